The van der Waals surface area contributed by atoms with Crippen molar-refractivity contribution in [1.82, 2.24) is 4.98 Å². The Hall–Kier alpha value is -1.62. The van der Waals surface area contributed by atoms with E-state index >= 15 is 0 Å². The van der Waals surface area contributed by atoms with E-state index in [4.69, 9.17) is 9.47 Å². The van der Waals surface area contributed by atoms with Crippen LogP contribution >= 0.6 is 0 Å². The van der Waals surface area contributed by atoms with Gasteiger partial charge in [-0.15, -0.1) is 0 Å². The molecule has 0 bridgehead atoms. The van der Waals surface area contributed by atoms with Crippen LogP contribution in [0.5, 0.6) is 5.88 Å². The van der Waals surface area contributed by atoms with Gasteiger partial charge in [-0.3, -0.25) is 4.79 Å². The monoisotopic (exact) mass is 322 g/mol. The van der Waals surface area contributed by atoms with Gasteiger partial charge in [-0.05, 0) is 39.2 Å². The molecule has 23 heavy (non-hydrogen) atoms. The fourth-order valence-electron chi connectivity index (χ4n) is 1.98. The van der Waals surface area contributed by atoms with Crippen molar-refractivity contribution < 1.29 is 14.3 Å². The number of carbonyl (C=O) groups excluding carboxylic acids is 1. The van der Waals surface area contributed by atoms with E-state index < -0.39 is 5.60 Å². The number of carbonyl (C=O) groups is 1. The van der Waals surface area contributed by atoms with E-state index in [0.717, 1.165) is 25.0 Å². The van der Waals surface area contributed by atoms with E-state index in [-0.39, 0.29) is 5.91 Å². The summed E-state index contributed by atoms with van der Waals surface area (Å²) in [6, 6.07) is 3.62. The first kappa shape index (κ1) is 19.4. The SMILES string of the molecule is CCCCOc1ccc(NC(=O)C(C)(CC)OCCC)c(C)n1. The van der Waals surface area contributed by atoms with Gasteiger partial charge in [0.25, 0.3) is 5.91 Å². The zero-order chi connectivity index (χ0) is 17.3. The lowest BCUT2D eigenvalue weighted by molar-refractivity contribution is -0.139. The summed E-state index contributed by atoms with van der Waals surface area (Å²) in [5, 5.41) is 2.92. The molecule has 0 spiro atoms. The Balaban J connectivity index is 2.74. The van der Waals surface area contributed by atoms with Crippen LogP contribution in [0, 0.1) is 6.92 Å². The van der Waals surface area contributed by atoms with Gasteiger partial charge in [0.2, 0.25) is 5.88 Å². The first-order chi connectivity index (χ1) is 11.0. The van der Waals surface area contributed by atoms with Gasteiger partial charge in [0.1, 0.15) is 5.60 Å². The third-order valence-electron chi connectivity index (χ3n) is 3.84. The quantitative estimate of drug-likeness (QED) is 0.659. The molecule has 0 fully saturated rings. The van der Waals surface area contributed by atoms with E-state index in [1.54, 1.807) is 6.07 Å². The third kappa shape index (κ3) is 5.82. The lowest BCUT2D eigenvalue weighted by Crippen LogP contribution is -2.42. The van der Waals surface area contributed by atoms with Gasteiger partial charge in [-0.1, -0.05) is 27.2 Å². The number of nitrogens with one attached hydrogen (secondary N) is 1. The molecule has 0 saturated heterocycles. The topological polar surface area (TPSA) is 60.5 Å². The molecule has 1 N–H and O–H groups in total. The van der Waals surface area contributed by atoms with Crippen LogP contribution in [-0.4, -0.2) is 29.7 Å². The molecule has 0 aromatic carbocycles. The van der Waals surface area contributed by atoms with Crippen molar-refractivity contribution in [3.63, 3.8) is 0 Å². The highest BCUT2D eigenvalue weighted by atomic mass is 16.5. The Morgan fingerprint density at radius 2 is 1.96 bits per heavy atom. The van der Waals surface area contributed by atoms with Crippen molar-refractivity contribution in [2.75, 3.05) is 18.5 Å². The van der Waals surface area contributed by atoms with E-state index in [1.807, 2.05) is 33.8 Å². The molecule has 1 heterocycles. The van der Waals surface area contributed by atoms with Crippen LogP contribution in [0.1, 0.15) is 59.1 Å². The lowest BCUT2D eigenvalue weighted by Gasteiger charge is -2.27. The van der Waals surface area contributed by atoms with Crippen LogP contribution in [-0.2, 0) is 9.53 Å². The van der Waals surface area contributed by atoms with E-state index in [0.29, 0.717) is 31.2 Å². The summed E-state index contributed by atoms with van der Waals surface area (Å²) in [7, 11) is 0. The third-order valence-corrected chi connectivity index (χ3v) is 3.84. The van der Waals surface area contributed by atoms with Gasteiger partial charge in [0.05, 0.1) is 18.0 Å². The number of nitrogens with zero attached hydrogens (tertiary/aromatic N) is 1. The lowest BCUT2D eigenvalue weighted by atomic mass is 10.0. The highest BCUT2D eigenvalue weighted by Gasteiger charge is 2.32. The minimum atomic E-state index is -0.821. The summed E-state index contributed by atoms with van der Waals surface area (Å²) < 4.78 is 11.3. The largest absolute Gasteiger partial charge is 0.478 e. The van der Waals surface area contributed by atoms with Crippen LogP contribution in [0.25, 0.3) is 0 Å². The average molecular weight is 322 g/mol. The Bertz CT molecular complexity index is 505. The number of hydrogen-bond donors (Lipinski definition) is 1. The van der Waals surface area contributed by atoms with Crippen molar-refractivity contribution in [3.05, 3.63) is 17.8 Å². The molecule has 1 amide bonds. The second-order valence-corrected chi connectivity index (χ2v) is 5.87. The van der Waals surface area contributed by atoms with Crippen LogP contribution in [0.2, 0.25) is 0 Å². The molecule has 0 saturated carbocycles. The number of amides is 1. The number of anilines is 1. The zero-order valence-electron chi connectivity index (χ0n) is 15.1. The van der Waals surface area contributed by atoms with Gasteiger partial charge >= 0.3 is 0 Å². The fraction of sp³-hybridized carbons (Fsp3) is 0.667. The first-order valence-electron chi connectivity index (χ1n) is 8.52. The molecule has 0 radical (unpaired) electrons. The number of hydrogen-bond acceptors (Lipinski definition) is 4. The second-order valence-electron chi connectivity index (χ2n) is 5.87. The number of rotatable bonds is 10. The Morgan fingerprint density at radius 1 is 1.22 bits per heavy atom. The normalized spacial score (nSPS) is 13.4. The van der Waals surface area contributed by atoms with Crippen LogP contribution < -0.4 is 10.1 Å². The Morgan fingerprint density at radius 3 is 2.52 bits per heavy atom. The van der Waals surface area contributed by atoms with Crippen molar-refractivity contribution >= 4 is 11.6 Å². The summed E-state index contributed by atoms with van der Waals surface area (Å²) in [4.78, 5) is 16.9. The Labute approximate surface area is 139 Å². The van der Waals surface area contributed by atoms with Crippen molar-refractivity contribution in [1.29, 1.82) is 0 Å². The minimum Gasteiger partial charge on any atom is -0.478 e. The molecule has 130 valence electrons. The molecule has 5 heteroatoms. The summed E-state index contributed by atoms with van der Waals surface area (Å²) in [6.45, 7) is 11.0. The second kappa shape index (κ2) is 9.50. The van der Waals surface area contributed by atoms with Crippen LogP contribution in [0.4, 0.5) is 5.69 Å². The predicted octanol–water partition coefficient (Wildman–Crippen LogP) is 4.10. The van der Waals surface area contributed by atoms with Gasteiger partial charge in [0, 0.05) is 12.7 Å². The number of pyridine rings is 1. The molecular formula is C18H30N2O3. The van der Waals surface area contributed by atoms with Crippen LogP contribution in [0.3, 0.4) is 0 Å². The molecule has 0 aliphatic heterocycles. The highest BCUT2D eigenvalue weighted by Crippen LogP contribution is 2.22. The molecule has 0 aliphatic carbocycles. The summed E-state index contributed by atoms with van der Waals surface area (Å²) in [6.07, 6.45) is 3.58. The molecule has 5 nitrogen and oxygen atoms in total. The molecule has 1 unspecified atom stereocenters. The first-order valence-corrected chi connectivity index (χ1v) is 8.52. The summed E-state index contributed by atoms with van der Waals surface area (Å²) in [5.74, 6) is 0.451. The molecule has 1 aromatic heterocycles. The predicted molar refractivity (Wildman–Crippen MR) is 92.9 cm³/mol. The minimum absolute atomic E-state index is 0.141. The van der Waals surface area contributed by atoms with Gasteiger partial charge in [-0.25, -0.2) is 4.98 Å². The van der Waals surface area contributed by atoms with Gasteiger partial charge in [-0.2, -0.15) is 0 Å². The molecule has 1 rings (SSSR count). The number of unbranched alkanes of at least 4 members (excludes halogenated alkanes) is 1. The van der Waals surface area contributed by atoms with Gasteiger partial charge in [0.15, 0.2) is 0 Å². The number of aromatic nitrogens is 1. The van der Waals surface area contributed by atoms with Crippen LogP contribution in [0.15, 0.2) is 12.1 Å². The zero-order valence-corrected chi connectivity index (χ0v) is 15.1. The standard InChI is InChI=1S/C18H30N2O3/c1-6-9-13-22-16-11-10-15(14(4)19-16)20-17(21)18(5,8-3)23-12-7-2/h10-11H,6-9,12-13H2,1-5H3,(H,20,21). The fourth-order valence-corrected chi connectivity index (χ4v) is 1.98. The van der Waals surface area contributed by atoms with Gasteiger partial charge < -0.3 is 14.8 Å². The summed E-state index contributed by atoms with van der Waals surface area (Å²) in [5.41, 5.74) is 0.609. The maximum absolute atomic E-state index is 12.5. The highest BCUT2D eigenvalue weighted by molar-refractivity contribution is 5.97. The number of ether oxygens (including phenoxy) is 2. The van der Waals surface area contributed by atoms with E-state index in [2.05, 4.69) is 17.2 Å². The van der Waals surface area contributed by atoms with E-state index in [1.165, 1.54) is 0 Å². The summed E-state index contributed by atoms with van der Waals surface area (Å²) >= 11 is 0. The van der Waals surface area contributed by atoms with Crippen molar-refractivity contribution in [3.8, 4) is 5.88 Å². The Kier molecular flexibility index (Phi) is 8.03. The molecular weight excluding hydrogens is 292 g/mol. The van der Waals surface area contributed by atoms with E-state index in [9.17, 15) is 4.79 Å². The van der Waals surface area contributed by atoms with Crippen molar-refractivity contribution in [2.24, 2.45) is 0 Å². The maximum atomic E-state index is 12.5. The van der Waals surface area contributed by atoms with Crippen molar-refractivity contribution in [2.45, 2.75) is 65.9 Å². The smallest absolute Gasteiger partial charge is 0.256 e. The average Bonchev–Trinajstić information content (AvgIpc) is 2.55. The molecule has 1 aromatic rings. The number of aryl methyl sites for hydroxylation is 1. The molecule has 0 aliphatic rings. The maximum Gasteiger partial charge on any atom is 0.256 e. The molecule has 1 atom stereocenters.